The first-order valence-electron chi connectivity index (χ1n) is 6.29. The number of carboxylic acid groups (broad SMARTS) is 1. The van der Waals surface area contributed by atoms with E-state index in [2.05, 4.69) is 5.32 Å². The minimum Gasteiger partial charge on any atom is -0.484 e. The molecule has 0 bridgehead atoms. The number of benzene rings is 1. The fraction of sp³-hybridized carbons (Fsp3) is 0.429. The minimum atomic E-state index is -1.05. The first kappa shape index (κ1) is 16.3. The van der Waals surface area contributed by atoms with E-state index >= 15 is 0 Å². The van der Waals surface area contributed by atoms with Gasteiger partial charge < -0.3 is 15.2 Å². The number of nitrogens with one attached hydrogen (secondary N) is 1. The Balaban J connectivity index is 2.47. The molecule has 0 aliphatic heterocycles. The molecule has 5 nitrogen and oxygen atoms in total. The van der Waals surface area contributed by atoms with Gasteiger partial charge in [-0.25, -0.2) is 4.79 Å². The molecule has 6 heteroatoms. The zero-order valence-electron chi connectivity index (χ0n) is 11.4. The van der Waals surface area contributed by atoms with Crippen LogP contribution in [0.2, 0.25) is 5.02 Å². The molecule has 110 valence electrons. The molecule has 0 unspecified atom stereocenters. The quantitative estimate of drug-likeness (QED) is 0.810. The molecule has 1 atom stereocenters. The fourth-order valence-corrected chi connectivity index (χ4v) is 1.81. The summed E-state index contributed by atoms with van der Waals surface area (Å²) in [6.45, 7) is 3.54. The van der Waals surface area contributed by atoms with E-state index in [0.717, 1.165) is 0 Å². The van der Waals surface area contributed by atoms with Crippen molar-refractivity contribution in [2.24, 2.45) is 5.92 Å². The van der Waals surface area contributed by atoms with E-state index in [4.69, 9.17) is 21.4 Å². The molecule has 1 aromatic carbocycles. The normalized spacial score (nSPS) is 12.0. The first-order valence-corrected chi connectivity index (χ1v) is 6.67. The van der Waals surface area contributed by atoms with Crippen LogP contribution in [0.4, 0.5) is 0 Å². The minimum absolute atomic E-state index is 0.172. The van der Waals surface area contributed by atoms with E-state index in [1.54, 1.807) is 24.3 Å². The van der Waals surface area contributed by atoms with Crippen LogP contribution in [0.3, 0.4) is 0 Å². The van der Waals surface area contributed by atoms with Gasteiger partial charge in [-0.1, -0.05) is 31.5 Å². The lowest BCUT2D eigenvalue weighted by molar-refractivity contribution is -0.142. The first-order chi connectivity index (χ1) is 9.38. The summed E-state index contributed by atoms with van der Waals surface area (Å²) in [7, 11) is 0. The van der Waals surface area contributed by atoms with Crippen molar-refractivity contribution in [2.75, 3.05) is 6.61 Å². The third kappa shape index (κ3) is 5.93. The van der Waals surface area contributed by atoms with Gasteiger partial charge in [0.2, 0.25) is 0 Å². The molecule has 0 aromatic heterocycles. The highest BCUT2D eigenvalue weighted by atomic mass is 35.5. The van der Waals surface area contributed by atoms with E-state index < -0.39 is 17.9 Å². The van der Waals surface area contributed by atoms with Crippen molar-refractivity contribution in [3.8, 4) is 5.75 Å². The number of aliphatic carboxylic acids is 1. The number of amides is 1. The van der Waals surface area contributed by atoms with Crippen molar-refractivity contribution in [3.63, 3.8) is 0 Å². The highest BCUT2D eigenvalue weighted by Gasteiger charge is 2.21. The molecule has 1 aromatic rings. The van der Waals surface area contributed by atoms with Gasteiger partial charge in [-0.05, 0) is 30.5 Å². The molecule has 2 N–H and O–H groups in total. The summed E-state index contributed by atoms with van der Waals surface area (Å²) in [5.74, 6) is -0.888. The SMILES string of the molecule is CC(C)C[C@@H](NC(=O)COc1cccc(Cl)c1)C(=O)O. The molecule has 0 radical (unpaired) electrons. The lowest BCUT2D eigenvalue weighted by Gasteiger charge is -2.16. The Labute approximate surface area is 122 Å². The van der Waals surface area contributed by atoms with E-state index in [-0.39, 0.29) is 12.5 Å². The van der Waals surface area contributed by atoms with Crippen LogP contribution in [0.5, 0.6) is 5.75 Å². The van der Waals surface area contributed by atoms with Gasteiger partial charge in [0.25, 0.3) is 5.91 Å². The average molecular weight is 300 g/mol. The number of hydrogen-bond acceptors (Lipinski definition) is 3. The number of rotatable bonds is 7. The second kappa shape index (κ2) is 7.75. The number of halogens is 1. The van der Waals surface area contributed by atoms with Crippen LogP contribution < -0.4 is 10.1 Å². The van der Waals surface area contributed by atoms with Crippen molar-refractivity contribution in [1.29, 1.82) is 0 Å². The zero-order valence-corrected chi connectivity index (χ0v) is 12.2. The van der Waals surface area contributed by atoms with Gasteiger partial charge in [-0.15, -0.1) is 0 Å². The van der Waals surface area contributed by atoms with Crippen molar-refractivity contribution in [1.82, 2.24) is 5.32 Å². The standard InChI is InChI=1S/C14H18ClNO4/c1-9(2)6-12(14(18)19)16-13(17)8-20-11-5-3-4-10(15)7-11/h3-5,7,9,12H,6,8H2,1-2H3,(H,16,17)(H,18,19)/t12-/m1/s1. The topological polar surface area (TPSA) is 75.6 Å². The van der Waals surface area contributed by atoms with Gasteiger partial charge in [0.05, 0.1) is 0 Å². The molecule has 0 saturated heterocycles. The van der Waals surface area contributed by atoms with Crippen LogP contribution in [-0.4, -0.2) is 29.6 Å². The van der Waals surface area contributed by atoms with E-state index in [1.807, 2.05) is 13.8 Å². The zero-order chi connectivity index (χ0) is 15.1. The Morgan fingerprint density at radius 3 is 2.65 bits per heavy atom. The summed E-state index contributed by atoms with van der Waals surface area (Å²) in [5, 5.41) is 12.0. The molecule has 0 aliphatic rings. The van der Waals surface area contributed by atoms with Gasteiger partial charge in [0, 0.05) is 5.02 Å². The molecule has 20 heavy (non-hydrogen) atoms. The third-order valence-electron chi connectivity index (χ3n) is 2.51. The second-order valence-electron chi connectivity index (χ2n) is 4.83. The summed E-state index contributed by atoms with van der Waals surface area (Å²) >= 11 is 5.79. The average Bonchev–Trinajstić information content (AvgIpc) is 2.35. The van der Waals surface area contributed by atoms with E-state index in [0.29, 0.717) is 17.2 Å². The Morgan fingerprint density at radius 2 is 2.10 bits per heavy atom. The predicted octanol–water partition coefficient (Wildman–Crippen LogP) is 2.33. The van der Waals surface area contributed by atoms with Crippen molar-refractivity contribution in [3.05, 3.63) is 29.3 Å². The molecule has 0 spiro atoms. The molecule has 1 amide bonds. The predicted molar refractivity (Wildman–Crippen MR) is 76.0 cm³/mol. The summed E-state index contributed by atoms with van der Waals surface area (Å²) in [6, 6.07) is 5.75. The van der Waals surface area contributed by atoms with Crippen LogP contribution in [0.25, 0.3) is 0 Å². The number of ether oxygens (including phenoxy) is 1. The monoisotopic (exact) mass is 299 g/mol. The van der Waals surface area contributed by atoms with Gasteiger partial charge in [-0.3, -0.25) is 4.79 Å². The Bertz CT molecular complexity index is 476. The van der Waals surface area contributed by atoms with Crippen LogP contribution in [0.1, 0.15) is 20.3 Å². The molecular weight excluding hydrogens is 282 g/mol. The van der Waals surface area contributed by atoms with E-state index in [9.17, 15) is 9.59 Å². The summed E-state index contributed by atoms with van der Waals surface area (Å²) in [5.41, 5.74) is 0. The maximum absolute atomic E-state index is 11.7. The highest BCUT2D eigenvalue weighted by Crippen LogP contribution is 2.16. The van der Waals surface area contributed by atoms with Gasteiger partial charge in [-0.2, -0.15) is 0 Å². The molecular formula is C14H18ClNO4. The lowest BCUT2D eigenvalue weighted by atomic mass is 10.0. The molecule has 0 aliphatic carbocycles. The highest BCUT2D eigenvalue weighted by molar-refractivity contribution is 6.30. The Morgan fingerprint density at radius 1 is 1.40 bits per heavy atom. The smallest absolute Gasteiger partial charge is 0.326 e. The van der Waals surface area contributed by atoms with Crippen molar-refractivity contribution in [2.45, 2.75) is 26.3 Å². The van der Waals surface area contributed by atoms with Crippen molar-refractivity contribution < 1.29 is 19.4 Å². The number of carboxylic acids is 1. The number of carbonyl (C=O) groups excluding carboxylic acids is 1. The molecule has 1 rings (SSSR count). The lowest BCUT2D eigenvalue weighted by Crippen LogP contribution is -2.43. The Kier molecular flexibility index (Phi) is 6.31. The van der Waals surface area contributed by atoms with Crippen LogP contribution in [0.15, 0.2) is 24.3 Å². The molecule has 0 fully saturated rings. The Hall–Kier alpha value is -1.75. The van der Waals surface area contributed by atoms with Crippen LogP contribution in [0, 0.1) is 5.92 Å². The maximum Gasteiger partial charge on any atom is 0.326 e. The maximum atomic E-state index is 11.7. The summed E-state index contributed by atoms with van der Waals surface area (Å²) < 4.78 is 5.24. The van der Waals surface area contributed by atoms with Crippen molar-refractivity contribution >= 4 is 23.5 Å². The van der Waals surface area contributed by atoms with Gasteiger partial charge >= 0.3 is 5.97 Å². The second-order valence-corrected chi connectivity index (χ2v) is 5.27. The largest absolute Gasteiger partial charge is 0.484 e. The van der Waals surface area contributed by atoms with E-state index in [1.165, 1.54) is 0 Å². The molecule has 0 heterocycles. The summed E-state index contributed by atoms with van der Waals surface area (Å²) in [4.78, 5) is 22.7. The third-order valence-corrected chi connectivity index (χ3v) is 2.74. The van der Waals surface area contributed by atoms with Gasteiger partial charge in [0.1, 0.15) is 11.8 Å². The fourth-order valence-electron chi connectivity index (χ4n) is 1.63. The van der Waals surface area contributed by atoms with Crippen LogP contribution in [-0.2, 0) is 9.59 Å². The number of hydrogen-bond donors (Lipinski definition) is 2. The molecule has 0 saturated carbocycles. The van der Waals surface area contributed by atoms with Gasteiger partial charge in [0.15, 0.2) is 6.61 Å². The van der Waals surface area contributed by atoms with Crippen LogP contribution >= 0.6 is 11.6 Å². The number of carbonyl (C=O) groups is 2. The summed E-state index contributed by atoms with van der Waals surface area (Å²) in [6.07, 6.45) is 0.373.